The number of esters is 1. The summed E-state index contributed by atoms with van der Waals surface area (Å²) in [7, 11) is 0. The fourth-order valence-electron chi connectivity index (χ4n) is 3.28. The number of benzene rings is 2. The first-order valence-electron chi connectivity index (χ1n) is 10.3. The summed E-state index contributed by atoms with van der Waals surface area (Å²) < 4.78 is 11.0. The number of carbonyl (C=O) groups excluding carboxylic acids is 2. The van der Waals surface area contributed by atoms with Crippen molar-refractivity contribution in [2.45, 2.75) is 19.9 Å². The molecule has 1 aliphatic rings. The molecule has 1 amide bonds. The molecule has 0 unspecified atom stereocenters. The van der Waals surface area contributed by atoms with Gasteiger partial charge >= 0.3 is 5.97 Å². The van der Waals surface area contributed by atoms with Crippen LogP contribution in [0.3, 0.4) is 0 Å². The second-order valence-corrected chi connectivity index (χ2v) is 8.83. The molecule has 12 heteroatoms. The number of rotatable bonds is 8. The Hall–Kier alpha value is -2.85. The van der Waals surface area contributed by atoms with Crippen LogP contribution in [0.25, 0.3) is 0 Å². The van der Waals surface area contributed by atoms with Gasteiger partial charge in [-0.1, -0.05) is 53.0 Å². The van der Waals surface area contributed by atoms with Crippen molar-refractivity contribution in [1.29, 1.82) is 0 Å². The molecule has 0 bridgehead atoms. The number of carbonyl (C=O) groups is 2. The molecule has 1 heterocycles. The van der Waals surface area contributed by atoms with Crippen LogP contribution >= 0.6 is 47.0 Å². The monoisotopic (exact) mass is 554 g/mol. The Bertz CT molecular complexity index is 1220. The molecule has 0 saturated carbocycles. The predicted molar refractivity (Wildman–Crippen MR) is 140 cm³/mol. The summed E-state index contributed by atoms with van der Waals surface area (Å²) in [5, 5.41) is 11.1. The second-order valence-electron chi connectivity index (χ2n) is 7.20. The average Bonchev–Trinajstić information content (AvgIpc) is 2.80. The number of halogens is 3. The van der Waals surface area contributed by atoms with Crippen molar-refractivity contribution < 1.29 is 19.1 Å². The Balaban J connectivity index is 1.73. The Morgan fingerprint density at radius 2 is 1.97 bits per heavy atom. The number of hydrogen-bond donors (Lipinski definition) is 3. The Morgan fingerprint density at radius 3 is 2.71 bits per heavy atom. The largest absolute Gasteiger partial charge is 0.483 e. The molecule has 2 aromatic carbocycles. The van der Waals surface area contributed by atoms with E-state index in [-0.39, 0.29) is 23.3 Å². The third-order valence-corrected chi connectivity index (χ3v) is 6.02. The first-order valence-corrected chi connectivity index (χ1v) is 11.9. The minimum Gasteiger partial charge on any atom is -0.483 e. The van der Waals surface area contributed by atoms with Gasteiger partial charge < -0.3 is 20.1 Å². The number of para-hydroxylation sites is 1. The van der Waals surface area contributed by atoms with Crippen LogP contribution in [0.2, 0.25) is 15.1 Å². The smallest absolute Gasteiger partial charge is 0.338 e. The highest BCUT2D eigenvalue weighted by molar-refractivity contribution is 7.80. The van der Waals surface area contributed by atoms with E-state index in [1.54, 1.807) is 44.2 Å². The van der Waals surface area contributed by atoms with Gasteiger partial charge in [-0.05, 0) is 44.3 Å². The lowest BCUT2D eigenvalue weighted by atomic mass is 9.95. The zero-order valence-electron chi connectivity index (χ0n) is 18.7. The van der Waals surface area contributed by atoms with Crippen molar-refractivity contribution in [1.82, 2.24) is 16.1 Å². The van der Waals surface area contributed by atoms with Gasteiger partial charge in [-0.2, -0.15) is 5.10 Å². The minimum atomic E-state index is -0.630. The van der Waals surface area contributed by atoms with Gasteiger partial charge in [0.1, 0.15) is 5.75 Å². The van der Waals surface area contributed by atoms with Crippen molar-refractivity contribution in [3.8, 4) is 5.75 Å². The van der Waals surface area contributed by atoms with E-state index in [0.717, 1.165) is 0 Å². The van der Waals surface area contributed by atoms with Crippen LogP contribution in [0.4, 0.5) is 0 Å². The van der Waals surface area contributed by atoms with Gasteiger partial charge in [0.05, 0.1) is 34.5 Å². The van der Waals surface area contributed by atoms with E-state index >= 15 is 0 Å². The Kier molecular flexibility index (Phi) is 9.33. The van der Waals surface area contributed by atoms with E-state index in [1.807, 2.05) is 0 Å². The van der Waals surface area contributed by atoms with Gasteiger partial charge in [-0.15, -0.1) is 0 Å². The normalized spacial score (nSPS) is 15.5. The number of hydrogen-bond acceptors (Lipinski definition) is 6. The lowest BCUT2D eigenvalue weighted by molar-refractivity contribution is -0.139. The third kappa shape index (κ3) is 6.85. The van der Waals surface area contributed by atoms with Crippen LogP contribution in [-0.4, -0.2) is 36.4 Å². The Labute approximate surface area is 222 Å². The number of allylic oxidation sites excluding steroid dienone is 1. The van der Waals surface area contributed by atoms with Gasteiger partial charge in [-0.25, -0.2) is 10.2 Å². The van der Waals surface area contributed by atoms with Gasteiger partial charge in [-0.3, -0.25) is 4.79 Å². The average molecular weight is 556 g/mol. The highest BCUT2D eigenvalue weighted by atomic mass is 35.5. The lowest BCUT2D eigenvalue weighted by Crippen LogP contribution is -2.45. The molecule has 184 valence electrons. The molecule has 0 aliphatic carbocycles. The van der Waals surface area contributed by atoms with E-state index in [1.165, 1.54) is 12.3 Å². The predicted octanol–water partition coefficient (Wildman–Crippen LogP) is 4.53. The van der Waals surface area contributed by atoms with E-state index in [4.69, 9.17) is 56.5 Å². The fourth-order valence-corrected chi connectivity index (χ4v) is 4.21. The highest BCUT2D eigenvalue weighted by Gasteiger charge is 2.32. The number of amides is 1. The van der Waals surface area contributed by atoms with Crippen molar-refractivity contribution in [3.05, 3.63) is 73.9 Å². The summed E-state index contributed by atoms with van der Waals surface area (Å²) in [4.78, 5) is 24.9. The molecule has 0 fully saturated rings. The fraction of sp³-hybridized carbons (Fsp3) is 0.217. The molecule has 0 saturated heterocycles. The maximum Gasteiger partial charge on any atom is 0.338 e. The highest BCUT2D eigenvalue weighted by Crippen LogP contribution is 2.33. The molecule has 1 atom stereocenters. The van der Waals surface area contributed by atoms with Gasteiger partial charge in [0.15, 0.2) is 11.7 Å². The number of hydrazone groups is 1. The quantitative estimate of drug-likeness (QED) is 0.145. The van der Waals surface area contributed by atoms with Crippen molar-refractivity contribution in [2.75, 3.05) is 13.2 Å². The third-order valence-electron chi connectivity index (χ3n) is 4.77. The molecule has 0 spiro atoms. The molecular formula is C23H21Cl3N4O4S. The summed E-state index contributed by atoms with van der Waals surface area (Å²) in [6.07, 6.45) is 1.32. The molecule has 0 radical (unpaired) electrons. The van der Waals surface area contributed by atoms with E-state index in [2.05, 4.69) is 21.2 Å². The second kappa shape index (κ2) is 12.2. The maximum atomic E-state index is 12.6. The molecule has 3 N–H and O–H groups in total. The van der Waals surface area contributed by atoms with Crippen molar-refractivity contribution >= 4 is 70.2 Å². The lowest BCUT2D eigenvalue weighted by Gasteiger charge is -2.30. The summed E-state index contributed by atoms with van der Waals surface area (Å²) in [5.74, 6) is -0.626. The van der Waals surface area contributed by atoms with Gasteiger partial charge in [0.25, 0.3) is 5.91 Å². The number of nitrogens with zero attached hydrogens (tertiary/aromatic N) is 1. The molecule has 1 aliphatic heterocycles. The topological polar surface area (TPSA) is 101 Å². The van der Waals surface area contributed by atoms with Crippen LogP contribution in [0.5, 0.6) is 5.75 Å². The molecule has 8 nitrogen and oxygen atoms in total. The van der Waals surface area contributed by atoms with E-state index in [9.17, 15) is 9.59 Å². The molecule has 2 aromatic rings. The Morgan fingerprint density at radius 1 is 1.23 bits per heavy atom. The van der Waals surface area contributed by atoms with E-state index < -0.39 is 17.9 Å². The first kappa shape index (κ1) is 26.7. The van der Waals surface area contributed by atoms with Gasteiger partial charge in [0.2, 0.25) is 0 Å². The zero-order valence-corrected chi connectivity index (χ0v) is 21.7. The van der Waals surface area contributed by atoms with Crippen molar-refractivity contribution in [3.63, 3.8) is 0 Å². The molecule has 3 rings (SSSR count). The van der Waals surface area contributed by atoms with Gasteiger partial charge in [0, 0.05) is 21.8 Å². The number of thiocarbonyl (C=S) groups is 1. The van der Waals surface area contributed by atoms with E-state index in [0.29, 0.717) is 38.3 Å². The summed E-state index contributed by atoms with van der Waals surface area (Å²) in [5.41, 5.74) is 4.34. The summed E-state index contributed by atoms with van der Waals surface area (Å²) >= 11 is 23.3. The minimum absolute atomic E-state index is 0.220. The summed E-state index contributed by atoms with van der Waals surface area (Å²) in [6.45, 7) is 3.34. The maximum absolute atomic E-state index is 12.6. The molecule has 35 heavy (non-hydrogen) atoms. The number of nitrogens with one attached hydrogen (secondary N) is 3. The van der Waals surface area contributed by atoms with Crippen LogP contribution in [0, 0.1) is 0 Å². The zero-order chi connectivity index (χ0) is 25.5. The van der Waals surface area contributed by atoms with Crippen LogP contribution in [0.1, 0.15) is 31.0 Å². The first-order chi connectivity index (χ1) is 16.7. The van der Waals surface area contributed by atoms with Crippen LogP contribution < -0.4 is 20.8 Å². The molecular weight excluding hydrogens is 535 g/mol. The van der Waals surface area contributed by atoms with Crippen LogP contribution in [-0.2, 0) is 14.3 Å². The number of ether oxygens (including phenoxy) is 2. The van der Waals surface area contributed by atoms with Crippen LogP contribution in [0.15, 0.2) is 52.8 Å². The standard InChI is InChI=1S/C23H21Cl3N4O4S/c1-3-33-22(32)19-12(2)28-23(35)29-21(19)15-6-4-5-7-17(15)34-11-18(31)30-27-10-13-8-14(24)9-16(25)20(13)26/h4-10,21H,3,11H2,1-2H3,(H,30,31)(H2,28,29,35)/t21-/m1/s1. The van der Waals surface area contributed by atoms with Crippen molar-refractivity contribution in [2.24, 2.45) is 5.10 Å². The summed E-state index contributed by atoms with van der Waals surface area (Å²) in [6, 6.07) is 9.43. The molecule has 0 aromatic heterocycles. The SMILES string of the molecule is CCOC(=O)C1=C(C)NC(=S)N[C@@H]1c1ccccc1OCC(=O)NN=Cc1cc(Cl)cc(Cl)c1Cl.